The Hall–Kier alpha value is -0.350. The monoisotopic (exact) mass is 373 g/mol. The number of carbonyl (C=O) groups excluding carboxylic acids is 1. The van der Waals surface area contributed by atoms with Gasteiger partial charge in [-0.1, -0.05) is 37.9 Å². The lowest BCUT2D eigenvalue weighted by Crippen LogP contribution is -2.28. The number of benzene rings is 1. The standard InChI is InChI=1S/C14H17Br2NO/c1-10-2-3-12(8-13(10)16)14(18)17-7-5-11(9-17)4-6-15/h2-3,8,11H,4-7,9H2,1H3. The fourth-order valence-electron chi connectivity index (χ4n) is 2.32. The second kappa shape index (κ2) is 6.20. The topological polar surface area (TPSA) is 20.3 Å². The van der Waals surface area contributed by atoms with Crippen molar-refractivity contribution >= 4 is 37.8 Å². The highest BCUT2D eigenvalue weighted by Crippen LogP contribution is 2.24. The maximum absolute atomic E-state index is 12.4. The summed E-state index contributed by atoms with van der Waals surface area (Å²) >= 11 is 6.95. The van der Waals surface area contributed by atoms with E-state index in [0.29, 0.717) is 5.92 Å². The zero-order valence-electron chi connectivity index (χ0n) is 10.5. The van der Waals surface area contributed by atoms with Crippen molar-refractivity contribution in [3.8, 4) is 0 Å². The molecular formula is C14H17Br2NO. The van der Waals surface area contributed by atoms with Crippen LogP contribution in [-0.2, 0) is 0 Å². The molecule has 0 radical (unpaired) electrons. The summed E-state index contributed by atoms with van der Waals surface area (Å²) in [5.74, 6) is 0.815. The molecule has 0 aromatic heterocycles. The lowest BCUT2D eigenvalue weighted by molar-refractivity contribution is 0.0787. The maximum atomic E-state index is 12.4. The molecule has 1 heterocycles. The molecule has 98 valence electrons. The molecule has 1 aromatic rings. The first kappa shape index (κ1) is 14.1. The number of halogens is 2. The zero-order valence-corrected chi connectivity index (χ0v) is 13.6. The van der Waals surface area contributed by atoms with Gasteiger partial charge in [-0.3, -0.25) is 4.79 Å². The highest BCUT2D eigenvalue weighted by molar-refractivity contribution is 9.10. The fraction of sp³-hybridized carbons (Fsp3) is 0.500. The lowest BCUT2D eigenvalue weighted by Gasteiger charge is -2.17. The molecule has 2 nitrogen and oxygen atoms in total. The van der Waals surface area contributed by atoms with Crippen molar-refractivity contribution in [3.05, 3.63) is 33.8 Å². The minimum absolute atomic E-state index is 0.160. The van der Waals surface area contributed by atoms with Gasteiger partial charge in [0.15, 0.2) is 0 Å². The van der Waals surface area contributed by atoms with Crippen LogP contribution in [0, 0.1) is 12.8 Å². The van der Waals surface area contributed by atoms with Crippen molar-refractivity contribution < 1.29 is 4.79 Å². The minimum atomic E-state index is 0.160. The van der Waals surface area contributed by atoms with Crippen molar-refractivity contribution in [3.63, 3.8) is 0 Å². The highest BCUT2D eigenvalue weighted by atomic mass is 79.9. The van der Waals surface area contributed by atoms with Gasteiger partial charge in [-0.05, 0) is 43.4 Å². The summed E-state index contributed by atoms with van der Waals surface area (Å²) in [7, 11) is 0. The van der Waals surface area contributed by atoms with Crippen LogP contribution in [0.2, 0.25) is 0 Å². The first-order valence-corrected chi connectivity index (χ1v) is 8.14. The second-order valence-corrected chi connectivity index (χ2v) is 6.49. The number of likely N-dealkylation sites (tertiary alicyclic amines) is 1. The highest BCUT2D eigenvalue weighted by Gasteiger charge is 2.26. The van der Waals surface area contributed by atoms with Gasteiger partial charge in [0.05, 0.1) is 0 Å². The van der Waals surface area contributed by atoms with Gasteiger partial charge in [-0.2, -0.15) is 0 Å². The molecule has 4 heteroatoms. The lowest BCUT2D eigenvalue weighted by atomic mass is 10.1. The number of amides is 1. The van der Waals surface area contributed by atoms with Crippen LogP contribution in [0.25, 0.3) is 0 Å². The van der Waals surface area contributed by atoms with E-state index in [1.807, 2.05) is 30.0 Å². The second-order valence-electron chi connectivity index (χ2n) is 4.85. The molecule has 1 fully saturated rings. The van der Waals surface area contributed by atoms with Gasteiger partial charge in [0.25, 0.3) is 5.91 Å². The Kier molecular flexibility index (Phi) is 4.84. The van der Waals surface area contributed by atoms with E-state index in [0.717, 1.165) is 46.9 Å². The summed E-state index contributed by atoms with van der Waals surface area (Å²) < 4.78 is 1.00. The Labute approximate surface area is 125 Å². The van der Waals surface area contributed by atoms with E-state index in [1.165, 1.54) is 0 Å². The largest absolute Gasteiger partial charge is 0.338 e. The van der Waals surface area contributed by atoms with Crippen molar-refractivity contribution in [2.75, 3.05) is 18.4 Å². The van der Waals surface area contributed by atoms with Crippen LogP contribution in [0.3, 0.4) is 0 Å². The van der Waals surface area contributed by atoms with Gasteiger partial charge in [0.2, 0.25) is 0 Å². The average molecular weight is 375 g/mol. The van der Waals surface area contributed by atoms with Crippen molar-refractivity contribution in [2.24, 2.45) is 5.92 Å². The molecule has 1 saturated heterocycles. The van der Waals surface area contributed by atoms with Gasteiger partial charge in [-0.15, -0.1) is 0 Å². The number of hydrogen-bond donors (Lipinski definition) is 0. The van der Waals surface area contributed by atoms with Gasteiger partial charge in [0.1, 0.15) is 0 Å². The molecule has 1 aliphatic heterocycles. The van der Waals surface area contributed by atoms with Crippen molar-refractivity contribution in [1.29, 1.82) is 0 Å². The number of nitrogens with zero attached hydrogens (tertiary/aromatic N) is 1. The molecule has 0 N–H and O–H groups in total. The summed E-state index contributed by atoms with van der Waals surface area (Å²) in [4.78, 5) is 14.3. The number of rotatable bonds is 3. The maximum Gasteiger partial charge on any atom is 0.253 e. The number of carbonyl (C=O) groups is 1. The molecule has 1 aliphatic rings. The number of aryl methyl sites for hydroxylation is 1. The smallest absolute Gasteiger partial charge is 0.253 e. The Morgan fingerprint density at radius 3 is 2.94 bits per heavy atom. The summed E-state index contributed by atoms with van der Waals surface area (Å²) in [5.41, 5.74) is 1.94. The molecule has 0 saturated carbocycles. The average Bonchev–Trinajstić information content (AvgIpc) is 2.81. The van der Waals surface area contributed by atoms with Crippen LogP contribution in [0.1, 0.15) is 28.8 Å². The van der Waals surface area contributed by atoms with E-state index in [2.05, 4.69) is 31.9 Å². The molecule has 0 bridgehead atoms. The van der Waals surface area contributed by atoms with Crippen LogP contribution < -0.4 is 0 Å². The van der Waals surface area contributed by atoms with E-state index in [1.54, 1.807) is 0 Å². The third kappa shape index (κ3) is 3.15. The van der Waals surface area contributed by atoms with Crippen LogP contribution in [-0.4, -0.2) is 29.2 Å². The van der Waals surface area contributed by atoms with E-state index in [-0.39, 0.29) is 5.91 Å². The Balaban J connectivity index is 2.05. The van der Waals surface area contributed by atoms with Gasteiger partial charge in [-0.25, -0.2) is 0 Å². The fourth-order valence-corrected chi connectivity index (χ4v) is 3.34. The SMILES string of the molecule is Cc1ccc(C(=O)N2CCC(CCBr)C2)cc1Br. The Morgan fingerprint density at radius 1 is 1.50 bits per heavy atom. The summed E-state index contributed by atoms with van der Waals surface area (Å²) in [6, 6.07) is 5.83. The molecule has 1 atom stereocenters. The predicted molar refractivity (Wildman–Crippen MR) is 81.3 cm³/mol. The summed E-state index contributed by atoms with van der Waals surface area (Å²) in [5, 5.41) is 1.02. The van der Waals surface area contributed by atoms with Gasteiger partial charge in [0, 0.05) is 28.5 Å². The van der Waals surface area contributed by atoms with Gasteiger partial charge >= 0.3 is 0 Å². The van der Waals surface area contributed by atoms with E-state index < -0.39 is 0 Å². The Bertz CT molecular complexity index is 447. The van der Waals surface area contributed by atoms with Crippen molar-refractivity contribution in [2.45, 2.75) is 19.8 Å². The Morgan fingerprint density at radius 2 is 2.28 bits per heavy atom. The van der Waals surface area contributed by atoms with Gasteiger partial charge < -0.3 is 4.90 Å². The first-order valence-electron chi connectivity index (χ1n) is 6.23. The molecule has 1 aromatic carbocycles. The number of alkyl halides is 1. The van der Waals surface area contributed by atoms with E-state index in [4.69, 9.17) is 0 Å². The first-order chi connectivity index (χ1) is 8.61. The predicted octanol–water partition coefficient (Wildman–Crippen LogP) is 4.00. The normalized spacial score (nSPS) is 19.3. The number of hydrogen-bond acceptors (Lipinski definition) is 1. The van der Waals surface area contributed by atoms with Crippen molar-refractivity contribution in [1.82, 2.24) is 4.90 Å². The van der Waals surface area contributed by atoms with Crippen LogP contribution >= 0.6 is 31.9 Å². The molecule has 1 unspecified atom stereocenters. The quantitative estimate of drug-likeness (QED) is 0.732. The van der Waals surface area contributed by atoms with Crippen LogP contribution in [0.5, 0.6) is 0 Å². The minimum Gasteiger partial charge on any atom is -0.338 e. The zero-order chi connectivity index (χ0) is 13.1. The molecular weight excluding hydrogens is 358 g/mol. The molecule has 0 spiro atoms. The summed E-state index contributed by atoms with van der Waals surface area (Å²) in [6.45, 7) is 3.82. The van der Waals surface area contributed by atoms with Crippen LogP contribution in [0.15, 0.2) is 22.7 Å². The molecule has 0 aliphatic carbocycles. The summed E-state index contributed by atoms with van der Waals surface area (Å²) in [6.07, 6.45) is 2.28. The molecule has 1 amide bonds. The molecule has 18 heavy (non-hydrogen) atoms. The third-order valence-corrected chi connectivity index (χ3v) is 4.82. The van der Waals surface area contributed by atoms with Crippen LogP contribution in [0.4, 0.5) is 0 Å². The van der Waals surface area contributed by atoms with E-state index in [9.17, 15) is 4.79 Å². The third-order valence-electron chi connectivity index (χ3n) is 3.51. The van der Waals surface area contributed by atoms with E-state index >= 15 is 0 Å². The molecule has 2 rings (SSSR count).